The zero-order valence-electron chi connectivity index (χ0n) is 12.5. The summed E-state index contributed by atoms with van der Waals surface area (Å²) in [6, 6.07) is 0.114. The zero-order chi connectivity index (χ0) is 14.7. The number of thiazole rings is 1. The van der Waals surface area contributed by atoms with Gasteiger partial charge in [0.25, 0.3) is 0 Å². The number of imidazole rings is 1. The highest BCUT2D eigenvalue weighted by Crippen LogP contribution is 2.30. The quantitative estimate of drug-likeness (QED) is 0.635. The summed E-state index contributed by atoms with van der Waals surface area (Å²) in [5.41, 5.74) is 4.04. The first-order chi connectivity index (χ1) is 10.3. The molecule has 1 fully saturated rings. The van der Waals surface area contributed by atoms with Gasteiger partial charge < -0.3 is 4.74 Å². The van der Waals surface area contributed by atoms with Gasteiger partial charge in [-0.3, -0.25) is 15.7 Å². The molecule has 0 spiro atoms. The predicted octanol–water partition coefficient (Wildman–Crippen LogP) is 2.37. The smallest absolute Gasteiger partial charge is 0.193 e. The van der Waals surface area contributed by atoms with Crippen LogP contribution in [0.5, 0.6) is 0 Å². The molecule has 3 N–H and O–H groups in total. The van der Waals surface area contributed by atoms with Crippen molar-refractivity contribution in [2.45, 2.75) is 50.7 Å². The van der Waals surface area contributed by atoms with Crippen molar-refractivity contribution in [3.63, 3.8) is 0 Å². The molecule has 116 valence electrons. The third-order valence-electron chi connectivity index (χ3n) is 4.57. The number of aromatic nitrogens is 2. The Hall–Kier alpha value is -0.950. The first kappa shape index (κ1) is 15.0. The van der Waals surface area contributed by atoms with Gasteiger partial charge in [-0.05, 0) is 18.8 Å². The molecular weight excluding hydrogens is 284 g/mol. The van der Waals surface area contributed by atoms with Crippen molar-refractivity contribution in [2.75, 3.05) is 7.11 Å². The van der Waals surface area contributed by atoms with Crippen LogP contribution < -0.4 is 11.3 Å². The number of ether oxygens (including phenoxy) is 1. The first-order valence-corrected chi connectivity index (χ1v) is 8.59. The Balaban J connectivity index is 1.71. The van der Waals surface area contributed by atoms with Crippen LogP contribution in [0.15, 0.2) is 17.8 Å². The van der Waals surface area contributed by atoms with Crippen molar-refractivity contribution < 1.29 is 4.74 Å². The van der Waals surface area contributed by atoms with Gasteiger partial charge in [0.15, 0.2) is 4.96 Å². The second kappa shape index (κ2) is 6.87. The fourth-order valence-corrected chi connectivity index (χ4v) is 4.24. The van der Waals surface area contributed by atoms with Gasteiger partial charge in [0.05, 0.1) is 17.8 Å². The summed E-state index contributed by atoms with van der Waals surface area (Å²) in [4.78, 5) is 5.69. The Morgan fingerprint density at radius 2 is 2.29 bits per heavy atom. The molecule has 2 aromatic rings. The fourth-order valence-electron chi connectivity index (χ4n) is 3.52. The maximum Gasteiger partial charge on any atom is 0.193 e. The Labute approximate surface area is 129 Å². The van der Waals surface area contributed by atoms with Gasteiger partial charge in [0.1, 0.15) is 0 Å². The Bertz CT molecular complexity index is 532. The Morgan fingerprint density at radius 3 is 2.95 bits per heavy atom. The Morgan fingerprint density at radius 1 is 1.48 bits per heavy atom. The van der Waals surface area contributed by atoms with E-state index >= 15 is 0 Å². The van der Waals surface area contributed by atoms with Crippen LogP contribution in [-0.4, -0.2) is 28.6 Å². The summed E-state index contributed by atoms with van der Waals surface area (Å²) in [6.45, 7) is 0. The molecule has 21 heavy (non-hydrogen) atoms. The molecule has 0 aromatic carbocycles. The Kier molecular flexibility index (Phi) is 4.90. The minimum absolute atomic E-state index is 0.114. The minimum atomic E-state index is 0.114. The van der Waals surface area contributed by atoms with Crippen LogP contribution in [0.1, 0.15) is 37.8 Å². The van der Waals surface area contributed by atoms with E-state index in [0.717, 1.165) is 17.1 Å². The van der Waals surface area contributed by atoms with Gasteiger partial charge in [-0.1, -0.05) is 19.3 Å². The van der Waals surface area contributed by atoms with E-state index < -0.39 is 0 Å². The lowest BCUT2D eigenvalue weighted by Gasteiger charge is -2.34. The maximum absolute atomic E-state index is 5.81. The van der Waals surface area contributed by atoms with Crippen molar-refractivity contribution >= 4 is 16.3 Å². The third-order valence-corrected chi connectivity index (χ3v) is 5.34. The second-order valence-corrected chi connectivity index (χ2v) is 6.77. The van der Waals surface area contributed by atoms with Crippen LogP contribution in [-0.2, 0) is 11.2 Å². The molecule has 5 nitrogen and oxygen atoms in total. The lowest BCUT2D eigenvalue weighted by Crippen LogP contribution is -2.49. The molecule has 2 unspecified atom stereocenters. The van der Waals surface area contributed by atoms with Crippen molar-refractivity contribution in [2.24, 2.45) is 11.8 Å². The summed E-state index contributed by atoms with van der Waals surface area (Å²) in [6.07, 6.45) is 11.5. The molecule has 2 atom stereocenters. The summed E-state index contributed by atoms with van der Waals surface area (Å²) < 4.78 is 7.86. The van der Waals surface area contributed by atoms with E-state index in [-0.39, 0.29) is 12.1 Å². The van der Waals surface area contributed by atoms with E-state index in [1.807, 2.05) is 11.6 Å². The SMILES string of the molecule is COC(C1CCCCC1)C(Cc1cn2ccsc2n1)NN. The first-order valence-electron chi connectivity index (χ1n) is 7.72. The fraction of sp³-hybridized carbons (Fsp3) is 0.667. The van der Waals surface area contributed by atoms with Crippen LogP contribution in [0.4, 0.5) is 0 Å². The highest BCUT2D eigenvalue weighted by Gasteiger charge is 2.30. The van der Waals surface area contributed by atoms with Gasteiger partial charge in [0, 0.05) is 31.3 Å². The predicted molar refractivity (Wildman–Crippen MR) is 85.3 cm³/mol. The van der Waals surface area contributed by atoms with Crippen LogP contribution in [0.2, 0.25) is 0 Å². The number of hydrazine groups is 1. The van der Waals surface area contributed by atoms with Gasteiger partial charge >= 0.3 is 0 Å². The number of hydrogen-bond acceptors (Lipinski definition) is 5. The molecule has 0 saturated heterocycles. The third kappa shape index (κ3) is 3.29. The van der Waals surface area contributed by atoms with Gasteiger partial charge in [-0.2, -0.15) is 0 Å². The average Bonchev–Trinajstić information content (AvgIpc) is 3.09. The van der Waals surface area contributed by atoms with Crippen molar-refractivity contribution in [1.29, 1.82) is 0 Å². The monoisotopic (exact) mass is 308 g/mol. The van der Waals surface area contributed by atoms with Gasteiger partial charge in [-0.15, -0.1) is 11.3 Å². The molecule has 3 rings (SSSR count). The van der Waals surface area contributed by atoms with E-state index in [9.17, 15) is 0 Å². The van der Waals surface area contributed by atoms with Crippen LogP contribution in [0, 0.1) is 5.92 Å². The summed E-state index contributed by atoms with van der Waals surface area (Å²) >= 11 is 1.65. The van der Waals surface area contributed by atoms with Crippen molar-refractivity contribution in [3.8, 4) is 0 Å². The summed E-state index contributed by atoms with van der Waals surface area (Å²) in [5.74, 6) is 6.42. The summed E-state index contributed by atoms with van der Waals surface area (Å²) in [7, 11) is 1.80. The highest BCUT2D eigenvalue weighted by molar-refractivity contribution is 7.15. The van der Waals surface area contributed by atoms with Gasteiger partial charge in [0.2, 0.25) is 0 Å². The molecule has 1 saturated carbocycles. The molecule has 1 aliphatic carbocycles. The van der Waals surface area contributed by atoms with Crippen LogP contribution in [0.3, 0.4) is 0 Å². The minimum Gasteiger partial charge on any atom is -0.379 e. The average molecular weight is 308 g/mol. The number of rotatable bonds is 6. The number of nitrogens with two attached hydrogens (primary N) is 1. The number of hydrogen-bond donors (Lipinski definition) is 2. The van der Waals surface area contributed by atoms with E-state index in [1.54, 1.807) is 18.4 Å². The van der Waals surface area contributed by atoms with Crippen molar-refractivity contribution in [1.82, 2.24) is 14.8 Å². The molecular formula is C15H24N4OS. The topological polar surface area (TPSA) is 64.6 Å². The standard InChI is InChI=1S/C15H24N4OS/c1-20-14(11-5-3-2-4-6-11)13(18-16)9-12-10-19-7-8-21-15(19)17-12/h7-8,10-11,13-14,18H,2-6,9,16H2,1H3. The number of nitrogens with zero attached hydrogens (tertiary/aromatic N) is 2. The molecule has 1 aliphatic rings. The van der Waals surface area contributed by atoms with E-state index in [2.05, 4.69) is 21.0 Å². The molecule has 0 aliphatic heterocycles. The lowest BCUT2D eigenvalue weighted by atomic mass is 9.81. The van der Waals surface area contributed by atoms with E-state index in [0.29, 0.717) is 5.92 Å². The molecule has 0 amide bonds. The zero-order valence-corrected chi connectivity index (χ0v) is 13.3. The molecule has 0 bridgehead atoms. The normalized spacial score (nSPS) is 19.9. The van der Waals surface area contributed by atoms with Crippen LogP contribution in [0.25, 0.3) is 4.96 Å². The highest BCUT2D eigenvalue weighted by atomic mass is 32.1. The van der Waals surface area contributed by atoms with E-state index in [4.69, 9.17) is 10.6 Å². The molecule has 2 aromatic heterocycles. The number of methoxy groups -OCH3 is 1. The molecule has 0 radical (unpaired) electrons. The van der Waals surface area contributed by atoms with Gasteiger partial charge in [-0.25, -0.2) is 4.98 Å². The van der Waals surface area contributed by atoms with Crippen LogP contribution >= 0.6 is 11.3 Å². The lowest BCUT2D eigenvalue weighted by molar-refractivity contribution is 0.00807. The maximum atomic E-state index is 5.81. The second-order valence-electron chi connectivity index (χ2n) is 5.90. The van der Waals surface area contributed by atoms with E-state index in [1.165, 1.54) is 32.1 Å². The molecule has 6 heteroatoms. The van der Waals surface area contributed by atoms with Crippen molar-refractivity contribution in [3.05, 3.63) is 23.5 Å². The number of nitrogens with one attached hydrogen (secondary N) is 1. The largest absolute Gasteiger partial charge is 0.379 e. The summed E-state index contributed by atoms with van der Waals surface area (Å²) in [5, 5.41) is 2.05. The number of fused-ring (bicyclic) bond motifs is 1. The molecule has 2 heterocycles.